The van der Waals surface area contributed by atoms with E-state index in [4.69, 9.17) is 23.2 Å². The smallest absolute Gasteiger partial charge is 0.207 e. The lowest BCUT2D eigenvalue weighted by Gasteiger charge is -2.26. The quantitative estimate of drug-likeness (QED) is 0.434. The van der Waals surface area contributed by atoms with Crippen molar-refractivity contribution in [2.24, 2.45) is 0 Å². The summed E-state index contributed by atoms with van der Waals surface area (Å²) in [6, 6.07) is 23.6. The summed E-state index contributed by atoms with van der Waals surface area (Å²) in [5, 5.41) is 0.601. The Morgan fingerprint density at radius 3 is 2.17 bits per heavy atom. The van der Waals surface area contributed by atoms with E-state index >= 15 is 0 Å². The molecule has 3 nitrogen and oxygen atoms in total. The van der Waals surface area contributed by atoms with Crippen molar-refractivity contribution in [3.63, 3.8) is 0 Å². The van der Waals surface area contributed by atoms with Gasteiger partial charge in [0.1, 0.15) is 0 Å². The summed E-state index contributed by atoms with van der Waals surface area (Å²) < 4.78 is 28.9. The van der Waals surface area contributed by atoms with Gasteiger partial charge >= 0.3 is 0 Å². The lowest BCUT2D eigenvalue weighted by Crippen LogP contribution is -2.32. The molecule has 0 aromatic heterocycles. The number of sulfonamides is 1. The van der Waals surface area contributed by atoms with Crippen LogP contribution in [0.15, 0.2) is 89.3 Å². The molecule has 0 unspecified atom stereocenters. The predicted molar refractivity (Wildman–Crippen MR) is 123 cm³/mol. The fourth-order valence-electron chi connectivity index (χ4n) is 3.84. The van der Waals surface area contributed by atoms with Gasteiger partial charge < -0.3 is 0 Å². The largest absolute Gasteiger partial charge is 0.244 e. The molecule has 0 saturated carbocycles. The van der Waals surface area contributed by atoms with Gasteiger partial charge in [0.05, 0.1) is 10.9 Å². The standard InChI is InChI=1S/C24H21Cl2NO2S/c1-17-7-13-21(14-8-17)30(28,29)27-16-23(18-5-3-2-4-6-18)22(15-25)24(27)19-9-11-20(26)12-10-19/h2-14,24H,15-16H2,1H3/t24-/m0/s1. The molecule has 1 aliphatic rings. The van der Waals surface area contributed by atoms with Gasteiger partial charge in [0.15, 0.2) is 0 Å². The van der Waals surface area contributed by atoms with Crippen LogP contribution in [0.25, 0.3) is 5.57 Å². The first-order chi connectivity index (χ1) is 14.4. The summed E-state index contributed by atoms with van der Waals surface area (Å²) in [6.45, 7) is 2.19. The minimum Gasteiger partial charge on any atom is -0.207 e. The Morgan fingerprint density at radius 2 is 1.57 bits per heavy atom. The highest BCUT2D eigenvalue weighted by atomic mass is 35.5. The highest BCUT2D eigenvalue weighted by Crippen LogP contribution is 2.44. The number of nitrogens with zero attached hydrogens (tertiary/aromatic N) is 1. The van der Waals surface area contributed by atoms with Crippen LogP contribution in [0, 0.1) is 6.92 Å². The van der Waals surface area contributed by atoms with E-state index in [9.17, 15) is 8.42 Å². The molecule has 4 rings (SSSR count). The van der Waals surface area contributed by atoms with Crippen LogP contribution in [-0.4, -0.2) is 25.1 Å². The molecule has 30 heavy (non-hydrogen) atoms. The van der Waals surface area contributed by atoms with Crippen LogP contribution < -0.4 is 0 Å². The van der Waals surface area contributed by atoms with E-state index < -0.39 is 16.1 Å². The molecule has 6 heteroatoms. The number of hydrogen-bond acceptors (Lipinski definition) is 2. The van der Waals surface area contributed by atoms with Gasteiger partial charge in [-0.2, -0.15) is 4.31 Å². The van der Waals surface area contributed by atoms with E-state index in [1.807, 2.05) is 61.5 Å². The first-order valence-electron chi connectivity index (χ1n) is 9.59. The first-order valence-corrected chi connectivity index (χ1v) is 11.9. The third kappa shape index (κ3) is 3.93. The van der Waals surface area contributed by atoms with Crippen molar-refractivity contribution in [2.45, 2.75) is 17.9 Å². The maximum Gasteiger partial charge on any atom is 0.244 e. The minimum atomic E-state index is -3.75. The lowest BCUT2D eigenvalue weighted by molar-refractivity contribution is 0.411. The summed E-state index contributed by atoms with van der Waals surface area (Å²) in [6.07, 6.45) is 0. The van der Waals surface area contributed by atoms with Crippen LogP contribution in [0.3, 0.4) is 0 Å². The van der Waals surface area contributed by atoms with Gasteiger partial charge in [-0.15, -0.1) is 11.6 Å². The zero-order valence-corrected chi connectivity index (χ0v) is 18.8. The van der Waals surface area contributed by atoms with E-state index in [-0.39, 0.29) is 17.3 Å². The van der Waals surface area contributed by atoms with Crippen molar-refractivity contribution in [3.05, 3.63) is 106 Å². The van der Waals surface area contributed by atoms with Gasteiger partial charge in [-0.25, -0.2) is 8.42 Å². The average molecular weight is 458 g/mol. The molecule has 3 aromatic carbocycles. The topological polar surface area (TPSA) is 37.4 Å². The highest BCUT2D eigenvalue weighted by molar-refractivity contribution is 7.89. The Kier molecular flexibility index (Phi) is 6.03. The van der Waals surface area contributed by atoms with E-state index in [1.165, 1.54) is 0 Å². The van der Waals surface area contributed by atoms with Gasteiger partial charge in [0.2, 0.25) is 10.0 Å². The zero-order valence-electron chi connectivity index (χ0n) is 16.4. The van der Waals surface area contributed by atoms with Crippen molar-refractivity contribution < 1.29 is 8.42 Å². The number of aryl methyl sites for hydroxylation is 1. The Hall–Kier alpha value is -2.11. The second-order valence-electron chi connectivity index (χ2n) is 7.32. The van der Waals surface area contributed by atoms with E-state index in [2.05, 4.69) is 0 Å². The van der Waals surface area contributed by atoms with E-state index in [0.717, 1.165) is 27.8 Å². The zero-order chi connectivity index (χ0) is 21.3. The average Bonchev–Trinajstić information content (AvgIpc) is 3.16. The molecule has 3 aromatic rings. The Morgan fingerprint density at radius 1 is 0.933 bits per heavy atom. The Bertz CT molecular complexity index is 1170. The molecular formula is C24H21Cl2NO2S. The second-order valence-corrected chi connectivity index (χ2v) is 9.92. The van der Waals surface area contributed by atoms with Crippen LogP contribution >= 0.6 is 23.2 Å². The van der Waals surface area contributed by atoms with Gasteiger partial charge in [-0.05, 0) is 53.5 Å². The monoisotopic (exact) mass is 457 g/mol. The van der Waals surface area contributed by atoms with Crippen LogP contribution in [0.1, 0.15) is 22.7 Å². The molecule has 1 heterocycles. The predicted octanol–water partition coefficient (Wildman–Crippen LogP) is 6.09. The van der Waals surface area contributed by atoms with Crippen molar-refractivity contribution in [1.29, 1.82) is 0 Å². The van der Waals surface area contributed by atoms with Gasteiger partial charge in [0, 0.05) is 17.4 Å². The van der Waals surface area contributed by atoms with Crippen LogP contribution in [0.4, 0.5) is 0 Å². The summed E-state index contributed by atoms with van der Waals surface area (Å²) in [5.74, 6) is 0.234. The molecule has 0 spiro atoms. The summed E-state index contributed by atoms with van der Waals surface area (Å²) in [4.78, 5) is 0.273. The summed E-state index contributed by atoms with van der Waals surface area (Å²) >= 11 is 12.5. The molecular weight excluding hydrogens is 437 g/mol. The van der Waals surface area contributed by atoms with Crippen molar-refractivity contribution >= 4 is 38.8 Å². The third-order valence-corrected chi connectivity index (χ3v) is 7.76. The minimum absolute atomic E-state index is 0.234. The van der Waals surface area contributed by atoms with Gasteiger partial charge in [0.25, 0.3) is 0 Å². The van der Waals surface area contributed by atoms with Crippen LogP contribution in [0.2, 0.25) is 5.02 Å². The molecule has 1 aliphatic heterocycles. The van der Waals surface area contributed by atoms with Crippen molar-refractivity contribution in [2.75, 3.05) is 12.4 Å². The molecule has 0 radical (unpaired) electrons. The molecule has 154 valence electrons. The fraction of sp³-hybridized carbons (Fsp3) is 0.167. The first kappa shape index (κ1) is 21.1. The van der Waals surface area contributed by atoms with Gasteiger partial charge in [-0.1, -0.05) is 71.8 Å². The highest BCUT2D eigenvalue weighted by Gasteiger charge is 2.41. The molecule has 0 fully saturated rings. The van der Waals surface area contributed by atoms with E-state index in [0.29, 0.717) is 5.02 Å². The molecule has 0 amide bonds. The molecule has 0 aliphatic carbocycles. The van der Waals surface area contributed by atoms with E-state index in [1.54, 1.807) is 28.6 Å². The molecule has 1 atom stereocenters. The number of hydrogen-bond donors (Lipinski definition) is 0. The molecule has 0 N–H and O–H groups in total. The maximum absolute atomic E-state index is 13.7. The summed E-state index contributed by atoms with van der Waals surface area (Å²) in [7, 11) is -3.75. The summed E-state index contributed by atoms with van der Waals surface area (Å²) in [5.41, 5.74) is 4.67. The number of benzene rings is 3. The number of alkyl halides is 1. The number of rotatable bonds is 5. The van der Waals surface area contributed by atoms with Gasteiger partial charge in [-0.3, -0.25) is 0 Å². The Labute approximate surface area is 187 Å². The fourth-order valence-corrected chi connectivity index (χ4v) is 5.85. The van der Waals surface area contributed by atoms with Crippen LogP contribution in [-0.2, 0) is 10.0 Å². The maximum atomic E-state index is 13.7. The van der Waals surface area contributed by atoms with Crippen LogP contribution in [0.5, 0.6) is 0 Å². The second kappa shape index (κ2) is 8.56. The Balaban J connectivity index is 1.87. The number of halogens is 2. The van der Waals surface area contributed by atoms with Crippen molar-refractivity contribution in [1.82, 2.24) is 4.31 Å². The molecule has 0 bridgehead atoms. The normalized spacial score (nSPS) is 17.5. The lowest BCUT2D eigenvalue weighted by atomic mass is 9.96. The molecule has 0 saturated heterocycles. The SMILES string of the molecule is Cc1ccc(S(=O)(=O)N2CC(c3ccccc3)=C(CCl)[C@@H]2c2ccc(Cl)cc2)cc1. The third-order valence-electron chi connectivity index (χ3n) is 5.40. The van der Waals surface area contributed by atoms with Crippen molar-refractivity contribution in [3.8, 4) is 0 Å².